The molecule has 1 aromatic rings. The van der Waals surface area contributed by atoms with Gasteiger partial charge in [0.15, 0.2) is 0 Å². The molecule has 0 radical (unpaired) electrons. The Morgan fingerprint density at radius 1 is 1.45 bits per heavy atom. The van der Waals surface area contributed by atoms with Gasteiger partial charge >= 0.3 is 5.97 Å². The van der Waals surface area contributed by atoms with Gasteiger partial charge in [-0.1, -0.05) is 6.92 Å². The summed E-state index contributed by atoms with van der Waals surface area (Å²) in [5.41, 5.74) is 1.05. The number of carboxylic acids is 1. The smallest absolute Gasteiger partial charge is 0.303 e. The van der Waals surface area contributed by atoms with Crippen LogP contribution >= 0.6 is 0 Å². The Hall–Kier alpha value is -1.65. The molecule has 20 heavy (non-hydrogen) atoms. The highest BCUT2D eigenvalue weighted by Gasteiger charge is 2.24. The maximum absolute atomic E-state index is 10.8. The average Bonchev–Trinajstić information content (AvgIpc) is 2.44. The molecule has 1 N–H and O–H groups in total. The minimum absolute atomic E-state index is 0.228. The van der Waals surface area contributed by atoms with Crippen molar-refractivity contribution in [2.24, 2.45) is 0 Å². The van der Waals surface area contributed by atoms with Crippen molar-refractivity contribution in [1.29, 1.82) is 0 Å². The third kappa shape index (κ3) is 3.68. The SMILES string of the molecule is CCc1cc(N2CCCCC2CCC(=O)O)nc(C)n1. The van der Waals surface area contributed by atoms with Gasteiger partial charge in [-0.05, 0) is 39.0 Å². The van der Waals surface area contributed by atoms with Gasteiger partial charge in [0.05, 0.1) is 0 Å². The molecule has 0 aromatic carbocycles. The zero-order valence-electron chi connectivity index (χ0n) is 12.3. The molecule has 1 aromatic heterocycles. The van der Waals surface area contributed by atoms with Crippen molar-refractivity contribution >= 4 is 11.8 Å². The van der Waals surface area contributed by atoms with Crippen molar-refractivity contribution in [2.75, 3.05) is 11.4 Å². The summed E-state index contributed by atoms with van der Waals surface area (Å²) in [7, 11) is 0. The molecule has 0 spiro atoms. The fraction of sp³-hybridized carbons (Fsp3) is 0.667. The number of hydrogen-bond donors (Lipinski definition) is 1. The molecule has 1 aliphatic rings. The summed E-state index contributed by atoms with van der Waals surface area (Å²) in [4.78, 5) is 22.0. The van der Waals surface area contributed by atoms with Crippen LogP contribution in [0.4, 0.5) is 5.82 Å². The van der Waals surface area contributed by atoms with E-state index in [-0.39, 0.29) is 6.42 Å². The predicted molar refractivity (Wildman–Crippen MR) is 78.0 cm³/mol. The normalized spacial score (nSPS) is 19.1. The topological polar surface area (TPSA) is 66.3 Å². The van der Waals surface area contributed by atoms with Crippen LogP contribution in [0.1, 0.15) is 50.5 Å². The summed E-state index contributed by atoms with van der Waals surface area (Å²) in [6, 6.07) is 2.34. The number of aliphatic carboxylic acids is 1. The van der Waals surface area contributed by atoms with E-state index in [4.69, 9.17) is 5.11 Å². The highest BCUT2D eigenvalue weighted by molar-refractivity contribution is 5.66. The van der Waals surface area contributed by atoms with Gasteiger partial charge in [0.1, 0.15) is 11.6 Å². The van der Waals surface area contributed by atoms with Crippen LogP contribution in [0.5, 0.6) is 0 Å². The lowest BCUT2D eigenvalue weighted by Crippen LogP contribution is -2.40. The molecule has 0 bridgehead atoms. The lowest BCUT2D eigenvalue weighted by Gasteiger charge is -2.36. The molecule has 5 heteroatoms. The molecule has 0 saturated carbocycles. The standard InChI is InChI=1S/C15H23N3O2/c1-3-12-10-14(17-11(2)16-12)18-9-5-4-6-13(18)7-8-15(19)20/h10,13H,3-9H2,1-2H3,(H,19,20). The van der Waals surface area contributed by atoms with Gasteiger partial charge in [-0.2, -0.15) is 0 Å². The molecule has 1 saturated heterocycles. The quantitative estimate of drug-likeness (QED) is 0.896. The number of rotatable bonds is 5. The second-order valence-corrected chi connectivity index (χ2v) is 5.39. The molecule has 1 atom stereocenters. The maximum atomic E-state index is 10.8. The highest BCUT2D eigenvalue weighted by atomic mass is 16.4. The van der Waals surface area contributed by atoms with Crippen molar-refractivity contribution < 1.29 is 9.90 Å². The second kappa shape index (κ2) is 6.68. The zero-order valence-corrected chi connectivity index (χ0v) is 12.3. The Morgan fingerprint density at radius 3 is 2.95 bits per heavy atom. The first-order valence-corrected chi connectivity index (χ1v) is 7.43. The summed E-state index contributed by atoms with van der Waals surface area (Å²) in [5, 5.41) is 8.88. The Balaban J connectivity index is 2.18. The Bertz CT molecular complexity index is 476. The van der Waals surface area contributed by atoms with E-state index in [9.17, 15) is 4.79 Å². The van der Waals surface area contributed by atoms with E-state index >= 15 is 0 Å². The molecular formula is C15H23N3O2. The van der Waals surface area contributed by atoms with Gasteiger partial charge in [0, 0.05) is 30.8 Å². The van der Waals surface area contributed by atoms with Crippen LogP contribution < -0.4 is 4.90 Å². The number of aromatic nitrogens is 2. The van der Waals surface area contributed by atoms with Gasteiger partial charge in [0.2, 0.25) is 0 Å². The molecule has 2 heterocycles. The third-order valence-electron chi connectivity index (χ3n) is 3.85. The molecule has 1 unspecified atom stereocenters. The van der Waals surface area contributed by atoms with Crippen molar-refractivity contribution in [3.63, 3.8) is 0 Å². The minimum atomic E-state index is -0.719. The number of anilines is 1. The van der Waals surface area contributed by atoms with Crippen LogP contribution in [0.3, 0.4) is 0 Å². The van der Waals surface area contributed by atoms with Crippen molar-refractivity contribution in [3.05, 3.63) is 17.6 Å². The van der Waals surface area contributed by atoms with E-state index in [0.717, 1.165) is 43.1 Å². The summed E-state index contributed by atoms with van der Waals surface area (Å²) in [5.74, 6) is 1.04. The lowest BCUT2D eigenvalue weighted by molar-refractivity contribution is -0.137. The predicted octanol–water partition coefficient (Wildman–Crippen LogP) is 2.57. The highest BCUT2D eigenvalue weighted by Crippen LogP contribution is 2.26. The Kier molecular flexibility index (Phi) is 4.93. The first-order chi connectivity index (χ1) is 9.60. The lowest BCUT2D eigenvalue weighted by atomic mass is 9.98. The first-order valence-electron chi connectivity index (χ1n) is 7.43. The van der Waals surface area contributed by atoms with E-state index < -0.39 is 5.97 Å². The fourth-order valence-corrected chi connectivity index (χ4v) is 2.83. The summed E-state index contributed by atoms with van der Waals surface area (Å²) in [6.45, 7) is 4.96. The Morgan fingerprint density at radius 2 is 2.25 bits per heavy atom. The van der Waals surface area contributed by atoms with Crippen molar-refractivity contribution in [3.8, 4) is 0 Å². The van der Waals surface area contributed by atoms with Crippen LogP contribution in [-0.4, -0.2) is 33.6 Å². The third-order valence-corrected chi connectivity index (χ3v) is 3.85. The number of carbonyl (C=O) groups is 1. The zero-order chi connectivity index (χ0) is 14.5. The Labute approximate surface area is 120 Å². The van der Waals surface area contributed by atoms with Crippen LogP contribution in [0.15, 0.2) is 6.07 Å². The van der Waals surface area contributed by atoms with Crippen molar-refractivity contribution in [1.82, 2.24) is 9.97 Å². The van der Waals surface area contributed by atoms with Gasteiger partial charge in [0.25, 0.3) is 0 Å². The molecule has 0 amide bonds. The van der Waals surface area contributed by atoms with Crippen LogP contribution in [0.25, 0.3) is 0 Å². The molecule has 2 rings (SSSR count). The van der Waals surface area contributed by atoms with Gasteiger partial charge in [-0.3, -0.25) is 4.79 Å². The van der Waals surface area contributed by atoms with Gasteiger partial charge in [-0.15, -0.1) is 0 Å². The van der Waals surface area contributed by atoms with Crippen LogP contribution in [-0.2, 0) is 11.2 Å². The molecule has 110 valence electrons. The van der Waals surface area contributed by atoms with Crippen LogP contribution in [0.2, 0.25) is 0 Å². The largest absolute Gasteiger partial charge is 0.481 e. The van der Waals surface area contributed by atoms with E-state index in [2.05, 4.69) is 21.8 Å². The van der Waals surface area contributed by atoms with Gasteiger partial charge in [-0.25, -0.2) is 9.97 Å². The molecular weight excluding hydrogens is 254 g/mol. The maximum Gasteiger partial charge on any atom is 0.303 e. The number of nitrogens with zero attached hydrogens (tertiary/aromatic N) is 3. The molecule has 1 aliphatic heterocycles. The van der Waals surface area contributed by atoms with E-state index in [1.165, 1.54) is 6.42 Å². The van der Waals surface area contributed by atoms with E-state index in [1.807, 2.05) is 13.0 Å². The first kappa shape index (κ1) is 14.8. The number of aryl methyl sites for hydroxylation is 2. The molecule has 0 aliphatic carbocycles. The average molecular weight is 277 g/mol. The molecule has 1 fully saturated rings. The number of carboxylic acid groups (broad SMARTS) is 1. The summed E-state index contributed by atoms with van der Waals surface area (Å²) in [6.07, 6.45) is 5.19. The second-order valence-electron chi connectivity index (χ2n) is 5.39. The van der Waals surface area contributed by atoms with Crippen molar-refractivity contribution in [2.45, 2.75) is 58.4 Å². The fourth-order valence-electron chi connectivity index (χ4n) is 2.83. The van der Waals surface area contributed by atoms with E-state index in [1.54, 1.807) is 0 Å². The minimum Gasteiger partial charge on any atom is -0.481 e. The van der Waals surface area contributed by atoms with E-state index in [0.29, 0.717) is 12.5 Å². The number of piperidine rings is 1. The molecule has 5 nitrogen and oxygen atoms in total. The van der Waals surface area contributed by atoms with Gasteiger partial charge < -0.3 is 10.0 Å². The summed E-state index contributed by atoms with van der Waals surface area (Å²) >= 11 is 0. The number of hydrogen-bond acceptors (Lipinski definition) is 4. The monoisotopic (exact) mass is 277 g/mol. The van der Waals surface area contributed by atoms with Crippen LogP contribution in [0, 0.1) is 6.92 Å². The summed E-state index contributed by atoms with van der Waals surface area (Å²) < 4.78 is 0.